The maximum Gasteiger partial charge on any atom is 0.235 e. The second-order valence-corrected chi connectivity index (χ2v) is 6.26. The zero-order valence-corrected chi connectivity index (χ0v) is 13.0. The Bertz CT molecular complexity index is 507. The fourth-order valence-corrected chi connectivity index (χ4v) is 2.21. The molecule has 0 aliphatic carbocycles. The molecule has 0 heterocycles. The minimum absolute atomic E-state index is 0.0957. The first-order valence-corrected chi connectivity index (χ1v) is 7.08. The van der Waals surface area contributed by atoms with E-state index >= 15 is 0 Å². The van der Waals surface area contributed by atoms with Gasteiger partial charge in [0, 0.05) is 5.56 Å². The third-order valence-electron chi connectivity index (χ3n) is 2.93. The minimum Gasteiger partial charge on any atom is -0.394 e. The van der Waals surface area contributed by atoms with Crippen molar-refractivity contribution in [3.63, 3.8) is 0 Å². The number of carbonyl (C=O) groups is 2. The summed E-state index contributed by atoms with van der Waals surface area (Å²) in [5, 5.41) is 37.5. The molecule has 0 unspecified atom stereocenters. The number of halogens is 1. The molecule has 0 saturated heterocycles. The third kappa shape index (κ3) is 4.05. The van der Waals surface area contributed by atoms with Crippen LogP contribution in [0.2, 0.25) is 0 Å². The van der Waals surface area contributed by atoms with Crippen molar-refractivity contribution in [2.24, 2.45) is 5.73 Å². The fourth-order valence-electron chi connectivity index (χ4n) is 1.60. The highest BCUT2D eigenvalue weighted by atomic mass is 127. The van der Waals surface area contributed by atoms with Gasteiger partial charge in [0.1, 0.15) is 18.3 Å². The van der Waals surface area contributed by atoms with E-state index in [1.807, 2.05) is 0 Å². The van der Waals surface area contributed by atoms with Gasteiger partial charge >= 0.3 is 0 Å². The summed E-state index contributed by atoms with van der Waals surface area (Å²) in [5.41, 5.74) is 5.74. The Morgan fingerprint density at radius 1 is 1.19 bits per heavy atom. The highest BCUT2D eigenvalue weighted by Crippen LogP contribution is 2.24. The lowest BCUT2D eigenvalue weighted by molar-refractivity contribution is -0.126. The molecule has 0 spiro atoms. The molecule has 1 aromatic rings. The molecule has 4 atom stereocenters. The number of carbonyl (C=O) groups excluding carboxylic acids is 2. The van der Waals surface area contributed by atoms with Crippen molar-refractivity contribution in [3.05, 3.63) is 35.9 Å². The molecule has 0 fully saturated rings. The average molecular weight is 409 g/mol. The first kappa shape index (κ1) is 18.1. The standard InChI is InChI=1S/C13H16INO6/c14-13(15,12(21)10(19)8(17)6-16)11(20)9(18)7-4-2-1-3-5-7/h1-5,8,10,12,16-17,19,21H,6,15H2/t8-,10-,12+,13+/m1/s1. The van der Waals surface area contributed by atoms with Crippen LogP contribution in [0.25, 0.3) is 0 Å². The molecular weight excluding hydrogens is 393 g/mol. The number of alkyl halides is 1. The van der Waals surface area contributed by atoms with E-state index in [4.69, 9.17) is 10.8 Å². The number of aliphatic hydroxyl groups excluding tert-OH is 4. The van der Waals surface area contributed by atoms with E-state index < -0.39 is 40.0 Å². The van der Waals surface area contributed by atoms with Crippen LogP contribution < -0.4 is 5.73 Å². The molecule has 116 valence electrons. The molecule has 8 heteroatoms. The Morgan fingerprint density at radius 2 is 1.71 bits per heavy atom. The van der Waals surface area contributed by atoms with Gasteiger partial charge in [-0.1, -0.05) is 30.3 Å². The zero-order valence-electron chi connectivity index (χ0n) is 10.9. The van der Waals surface area contributed by atoms with Gasteiger partial charge in [0.05, 0.1) is 6.61 Å². The molecule has 0 aliphatic rings. The maximum absolute atomic E-state index is 12.1. The molecule has 0 bridgehead atoms. The first-order chi connectivity index (χ1) is 9.73. The zero-order chi connectivity index (χ0) is 16.2. The van der Waals surface area contributed by atoms with Gasteiger partial charge in [0.25, 0.3) is 0 Å². The van der Waals surface area contributed by atoms with Gasteiger partial charge < -0.3 is 26.2 Å². The van der Waals surface area contributed by atoms with E-state index in [9.17, 15) is 24.9 Å². The lowest BCUT2D eigenvalue weighted by Gasteiger charge is -2.31. The molecule has 0 aliphatic heterocycles. The number of Topliss-reactive ketones (excluding diaryl/α,β-unsaturated/α-hetero) is 2. The van der Waals surface area contributed by atoms with Crippen molar-refractivity contribution < 1.29 is 30.0 Å². The quantitative estimate of drug-likeness (QED) is 0.123. The number of rotatable bonds is 7. The van der Waals surface area contributed by atoms with Crippen LogP contribution >= 0.6 is 22.6 Å². The van der Waals surface area contributed by atoms with Gasteiger partial charge in [-0.25, -0.2) is 0 Å². The summed E-state index contributed by atoms with van der Waals surface area (Å²) >= 11 is 1.34. The lowest BCUT2D eigenvalue weighted by Crippen LogP contribution is -2.61. The molecule has 0 amide bonds. The second kappa shape index (κ2) is 7.38. The van der Waals surface area contributed by atoms with Crippen molar-refractivity contribution >= 4 is 34.2 Å². The van der Waals surface area contributed by atoms with E-state index in [0.29, 0.717) is 0 Å². The van der Waals surface area contributed by atoms with Gasteiger partial charge in [0.2, 0.25) is 11.6 Å². The van der Waals surface area contributed by atoms with Crippen LogP contribution in [0.1, 0.15) is 10.4 Å². The summed E-state index contributed by atoms with van der Waals surface area (Å²) in [6, 6.07) is 7.62. The van der Waals surface area contributed by atoms with E-state index in [0.717, 1.165) is 0 Å². The number of hydrogen-bond donors (Lipinski definition) is 5. The lowest BCUT2D eigenvalue weighted by atomic mass is 9.94. The SMILES string of the molecule is N[C@@](I)(C(=O)C(=O)c1ccccc1)[C@@H](O)[C@H](O)[C@H](O)CO. The highest BCUT2D eigenvalue weighted by molar-refractivity contribution is 14.1. The second-order valence-electron chi connectivity index (χ2n) is 4.48. The number of ketones is 2. The Hall–Kier alpha value is -0.910. The molecule has 1 aromatic carbocycles. The van der Waals surface area contributed by atoms with Crippen LogP contribution in [0, 0.1) is 0 Å². The van der Waals surface area contributed by atoms with E-state index in [-0.39, 0.29) is 5.56 Å². The number of benzene rings is 1. The van der Waals surface area contributed by atoms with Gasteiger partial charge in [-0.05, 0) is 22.6 Å². The van der Waals surface area contributed by atoms with Crippen molar-refractivity contribution in [1.82, 2.24) is 0 Å². The van der Waals surface area contributed by atoms with Crippen LogP contribution in [-0.4, -0.2) is 60.5 Å². The summed E-state index contributed by atoms with van der Waals surface area (Å²) < 4.78 is -2.14. The molecule has 1 rings (SSSR count). The van der Waals surface area contributed by atoms with Gasteiger partial charge in [-0.15, -0.1) is 0 Å². The summed E-state index contributed by atoms with van der Waals surface area (Å²) in [4.78, 5) is 24.1. The largest absolute Gasteiger partial charge is 0.394 e. The first-order valence-electron chi connectivity index (χ1n) is 6.00. The Morgan fingerprint density at radius 3 is 2.19 bits per heavy atom. The van der Waals surface area contributed by atoms with Crippen LogP contribution in [0.4, 0.5) is 0 Å². The van der Waals surface area contributed by atoms with Crippen molar-refractivity contribution in [2.75, 3.05) is 6.61 Å². The average Bonchev–Trinajstić information content (AvgIpc) is 2.51. The third-order valence-corrected chi connectivity index (χ3v) is 4.05. The molecule has 0 radical (unpaired) electrons. The summed E-state index contributed by atoms with van der Waals surface area (Å²) in [7, 11) is 0. The molecule has 0 saturated carbocycles. The van der Waals surface area contributed by atoms with E-state index in [1.54, 1.807) is 18.2 Å². The highest BCUT2D eigenvalue weighted by Gasteiger charge is 2.47. The summed E-state index contributed by atoms with van der Waals surface area (Å²) in [5.74, 6) is -2.04. The van der Waals surface area contributed by atoms with Crippen LogP contribution in [-0.2, 0) is 4.79 Å². The van der Waals surface area contributed by atoms with Gasteiger partial charge in [0.15, 0.2) is 3.55 Å². The van der Waals surface area contributed by atoms with Gasteiger partial charge in [-0.2, -0.15) is 0 Å². The minimum atomic E-state index is -2.14. The van der Waals surface area contributed by atoms with Crippen molar-refractivity contribution in [3.8, 4) is 0 Å². The monoisotopic (exact) mass is 409 g/mol. The molecule has 6 N–H and O–H groups in total. The Labute approximate surface area is 134 Å². The van der Waals surface area contributed by atoms with Crippen molar-refractivity contribution in [2.45, 2.75) is 21.9 Å². The normalized spacial score (nSPS) is 18.4. The van der Waals surface area contributed by atoms with Crippen LogP contribution in [0.5, 0.6) is 0 Å². The Balaban J connectivity index is 2.96. The van der Waals surface area contributed by atoms with E-state index in [1.165, 1.54) is 34.7 Å². The van der Waals surface area contributed by atoms with Crippen LogP contribution in [0.3, 0.4) is 0 Å². The van der Waals surface area contributed by atoms with Crippen LogP contribution in [0.15, 0.2) is 30.3 Å². The number of hydrogen-bond acceptors (Lipinski definition) is 7. The topological polar surface area (TPSA) is 141 Å². The molecular formula is C13H16INO6. The smallest absolute Gasteiger partial charge is 0.235 e. The predicted molar refractivity (Wildman–Crippen MR) is 81.8 cm³/mol. The number of nitrogens with two attached hydrogens (primary N) is 1. The molecule has 7 nitrogen and oxygen atoms in total. The van der Waals surface area contributed by atoms with Gasteiger partial charge in [-0.3, -0.25) is 9.59 Å². The van der Waals surface area contributed by atoms with E-state index in [2.05, 4.69) is 0 Å². The summed E-state index contributed by atoms with van der Waals surface area (Å²) in [6.45, 7) is -0.828. The van der Waals surface area contributed by atoms with Crippen molar-refractivity contribution in [1.29, 1.82) is 0 Å². The fraction of sp³-hybridized carbons (Fsp3) is 0.385. The molecule has 21 heavy (non-hydrogen) atoms. The molecule has 0 aromatic heterocycles. The maximum atomic E-state index is 12.1. The predicted octanol–water partition coefficient (Wildman–Crippen LogP) is -1.40. The number of aliphatic hydroxyl groups is 4. The Kier molecular flexibility index (Phi) is 6.38. The summed E-state index contributed by atoms with van der Waals surface area (Å²) in [6.07, 6.45) is -5.48.